The van der Waals surface area contributed by atoms with Crippen molar-refractivity contribution in [1.82, 2.24) is 0 Å². The average Bonchev–Trinajstić information content (AvgIpc) is 2.69. The van der Waals surface area contributed by atoms with E-state index in [1.807, 2.05) is 6.92 Å². The zero-order chi connectivity index (χ0) is 11.7. The first-order valence-electron chi connectivity index (χ1n) is 5.26. The van der Waals surface area contributed by atoms with Gasteiger partial charge < -0.3 is 10.2 Å². The minimum absolute atomic E-state index is 0.0541. The molecule has 0 aliphatic carbocycles. The number of hydrogen-bond donors (Lipinski definition) is 1. The zero-order valence-electron chi connectivity index (χ0n) is 8.97. The van der Waals surface area contributed by atoms with Crippen molar-refractivity contribution in [2.45, 2.75) is 25.8 Å². The molecule has 0 saturated heterocycles. The molecule has 0 radical (unpaired) electrons. The lowest BCUT2D eigenvalue weighted by molar-refractivity contribution is 0.449. The predicted molar refractivity (Wildman–Crippen MR) is 58.0 cm³/mol. The van der Waals surface area contributed by atoms with E-state index in [1.165, 1.54) is 6.07 Å². The van der Waals surface area contributed by atoms with Gasteiger partial charge in [0.15, 0.2) is 11.4 Å². The molecule has 2 aromatic rings. The number of fused-ring (bicyclic) bond motifs is 1. The third kappa shape index (κ3) is 1.80. The second-order valence-electron chi connectivity index (χ2n) is 3.82. The van der Waals surface area contributed by atoms with Gasteiger partial charge in [0, 0.05) is 5.39 Å². The van der Waals surface area contributed by atoms with Crippen LogP contribution in [0.4, 0.5) is 8.78 Å². The van der Waals surface area contributed by atoms with E-state index >= 15 is 0 Å². The van der Waals surface area contributed by atoms with Crippen molar-refractivity contribution in [2.24, 2.45) is 5.73 Å². The first kappa shape index (κ1) is 11.1. The quantitative estimate of drug-likeness (QED) is 0.868. The highest BCUT2D eigenvalue weighted by atomic mass is 19.2. The van der Waals surface area contributed by atoms with Crippen LogP contribution in [0, 0.1) is 11.6 Å². The monoisotopic (exact) mass is 225 g/mol. The van der Waals surface area contributed by atoms with E-state index < -0.39 is 11.6 Å². The molecule has 2 nitrogen and oxygen atoms in total. The third-order valence-corrected chi connectivity index (χ3v) is 2.56. The van der Waals surface area contributed by atoms with Crippen LogP contribution in [0.1, 0.15) is 31.6 Å². The molecule has 1 heterocycles. The van der Waals surface area contributed by atoms with Crippen LogP contribution in [-0.2, 0) is 0 Å². The minimum atomic E-state index is -0.951. The van der Waals surface area contributed by atoms with Crippen molar-refractivity contribution in [2.75, 3.05) is 0 Å². The van der Waals surface area contributed by atoms with Gasteiger partial charge in [-0.1, -0.05) is 13.3 Å². The summed E-state index contributed by atoms with van der Waals surface area (Å²) in [5, 5.41) is 0.542. The standard InChI is InChI=1S/C12H13F2NO/c1-2-3-9(15)10-6-7-4-5-8(13)11(14)12(7)16-10/h4-6,9H,2-3,15H2,1H3/t9-/m0/s1. The van der Waals surface area contributed by atoms with Crippen molar-refractivity contribution in [3.63, 3.8) is 0 Å². The Bertz CT molecular complexity index is 507. The van der Waals surface area contributed by atoms with Crippen LogP contribution in [0.2, 0.25) is 0 Å². The van der Waals surface area contributed by atoms with E-state index in [9.17, 15) is 8.78 Å². The predicted octanol–water partition coefficient (Wildman–Crippen LogP) is 3.51. The van der Waals surface area contributed by atoms with E-state index in [-0.39, 0.29) is 11.6 Å². The lowest BCUT2D eigenvalue weighted by Gasteiger charge is -2.04. The first-order chi connectivity index (χ1) is 7.63. The van der Waals surface area contributed by atoms with Gasteiger partial charge in [0.2, 0.25) is 5.82 Å². The molecule has 0 fully saturated rings. The van der Waals surface area contributed by atoms with E-state index in [0.29, 0.717) is 11.1 Å². The average molecular weight is 225 g/mol. The fraction of sp³-hybridized carbons (Fsp3) is 0.333. The number of halogens is 2. The van der Waals surface area contributed by atoms with Crippen LogP contribution in [0.25, 0.3) is 11.0 Å². The Hall–Kier alpha value is -1.42. The number of rotatable bonds is 3. The molecule has 2 N–H and O–H groups in total. The second kappa shape index (κ2) is 4.22. The largest absolute Gasteiger partial charge is 0.456 e. The summed E-state index contributed by atoms with van der Waals surface area (Å²) in [5.74, 6) is -1.36. The Morgan fingerprint density at radius 2 is 2.12 bits per heavy atom. The van der Waals surface area contributed by atoms with Crippen LogP contribution in [0.3, 0.4) is 0 Å². The van der Waals surface area contributed by atoms with E-state index in [0.717, 1.165) is 18.9 Å². The van der Waals surface area contributed by atoms with Crippen LogP contribution in [-0.4, -0.2) is 0 Å². The number of benzene rings is 1. The van der Waals surface area contributed by atoms with Gasteiger partial charge in [-0.25, -0.2) is 4.39 Å². The van der Waals surface area contributed by atoms with Gasteiger partial charge in [-0.15, -0.1) is 0 Å². The summed E-state index contributed by atoms with van der Waals surface area (Å²) in [6.07, 6.45) is 1.67. The Morgan fingerprint density at radius 1 is 1.38 bits per heavy atom. The molecule has 0 bridgehead atoms. The van der Waals surface area contributed by atoms with Crippen LogP contribution in [0.15, 0.2) is 22.6 Å². The molecule has 2 rings (SSSR count). The number of nitrogens with two attached hydrogens (primary N) is 1. The molecule has 1 atom stereocenters. The second-order valence-corrected chi connectivity index (χ2v) is 3.82. The highest BCUT2D eigenvalue weighted by molar-refractivity contribution is 5.78. The molecule has 86 valence electrons. The van der Waals surface area contributed by atoms with Gasteiger partial charge in [-0.3, -0.25) is 0 Å². The Labute approximate surface area is 92.0 Å². The van der Waals surface area contributed by atoms with Gasteiger partial charge in [0.05, 0.1) is 6.04 Å². The van der Waals surface area contributed by atoms with Crippen LogP contribution >= 0.6 is 0 Å². The van der Waals surface area contributed by atoms with Gasteiger partial charge in [0.25, 0.3) is 0 Å². The van der Waals surface area contributed by atoms with Crippen molar-refractivity contribution >= 4 is 11.0 Å². The molecule has 16 heavy (non-hydrogen) atoms. The fourth-order valence-corrected chi connectivity index (χ4v) is 1.70. The molecule has 0 aliphatic rings. The molecule has 1 aromatic heterocycles. The summed E-state index contributed by atoms with van der Waals surface area (Å²) in [6.45, 7) is 2.00. The zero-order valence-corrected chi connectivity index (χ0v) is 8.97. The van der Waals surface area contributed by atoms with Crippen molar-refractivity contribution in [3.8, 4) is 0 Å². The SMILES string of the molecule is CCC[C@H](N)c1cc2ccc(F)c(F)c2o1. The normalized spacial score (nSPS) is 13.2. The van der Waals surface area contributed by atoms with Gasteiger partial charge >= 0.3 is 0 Å². The number of hydrogen-bond acceptors (Lipinski definition) is 2. The van der Waals surface area contributed by atoms with Crippen molar-refractivity contribution < 1.29 is 13.2 Å². The maximum atomic E-state index is 13.4. The Morgan fingerprint density at radius 3 is 2.81 bits per heavy atom. The van der Waals surface area contributed by atoms with E-state index in [4.69, 9.17) is 10.2 Å². The smallest absolute Gasteiger partial charge is 0.201 e. The van der Waals surface area contributed by atoms with Gasteiger partial charge in [-0.05, 0) is 24.6 Å². The third-order valence-electron chi connectivity index (χ3n) is 2.56. The van der Waals surface area contributed by atoms with Crippen LogP contribution < -0.4 is 5.73 Å². The van der Waals surface area contributed by atoms with Crippen molar-refractivity contribution in [3.05, 3.63) is 35.6 Å². The number of furan rings is 1. The minimum Gasteiger partial charge on any atom is -0.456 e. The maximum Gasteiger partial charge on any atom is 0.201 e. The fourth-order valence-electron chi connectivity index (χ4n) is 1.70. The summed E-state index contributed by atoms with van der Waals surface area (Å²) < 4.78 is 31.5. The summed E-state index contributed by atoms with van der Waals surface area (Å²) in [4.78, 5) is 0. The van der Waals surface area contributed by atoms with Gasteiger partial charge in [-0.2, -0.15) is 4.39 Å². The van der Waals surface area contributed by atoms with E-state index in [2.05, 4.69) is 0 Å². The molecule has 0 aliphatic heterocycles. The van der Waals surface area contributed by atoms with Crippen LogP contribution in [0.5, 0.6) is 0 Å². The molecule has 0 amide bonds. The first-order valence-corrected chi connectivity index (χ1v) is 5.26. The van der Waals surface area contributed by atoms with E-state index in [1.54, 1.807) is 6.07 Å². The highest BCUT2D eigenvalue weighted by Crippen LogP contribution is 2.27. The molecular formula is C12H13F2NO. The Balaban J connectivity index is 2.48. The molecule has 0 spiro atoms. The maximum absolute atomic E-state index is 13.4. The molecule has 0 unspecified atom stereocenters. The van der Waals surface area contributed by atoms with Crippen molar-refractivity contribution in [1.29, 1.82) is 0 Å². The van der Waals surface area contributed by atoms with Gasteiger partial charge in [0.1, 0.15) is 5.76 Å². The molecule has 4 heteroatoms. The highest BCUT2D eigenvalue weighted by Gasteiger charge is 2.15. The molecule has 1 aromatic carbocycles. The summed E-state index contributed by atoms with van der Waals surface area (Å²) in [7, 11) is 0. The topological polar surface area (TPSA) is 39.2 Å². The molecule has 0 saturated carbocycles. The summed E-state index contributed by atoms with van der Waals surface area (Å²) >= 11 is 0. The lowest BCUT2D eigenvalue weighted by Crippen LogP contribution is -2.08. The molecular weight excluding hydrogens is 212 g/mol. The Kier molecular flexibility index (Phi) is 2.92. The summed E-state index contributed by atoms with van der Waals surface area (Å²) in [6, 6.07) is 3.97. The lowest BCUT2D eigenvalue weighted by atomic mass is 10.1. The summed E-state index contributed by atoms with van der Waals surface area (Å²) in [5.41, 5.74) is 5.79.